The molecule has 0 saturated carbocycles. The van der Waals surface area contributed by atoms with Gasteiger partial charge in [-0.1, -0.05) is 32.0 Å². The molecule has 1 aliphatic heterocycles. The molecule has 4 heterocycles. The first-order chi connectivity index (χ1) is 13.4. The quantitative estimate of drug-likeness (QED) is 0.563. The Morgan fingerprint density at radius 3 is 2.67 bits per heavy atom. The summed E-state index contributed by atoms with van der Waals surface area (Å²) in [5, 5.41) is 5.76. The Balaban J connectivity index is 0.000000872. The lowest BCUT2D eigenvalue weighted by molar-refractivity contribution is 0.589. The summed E-state index contributed by atoms with van der Waals surface area (Å²) in [7, 11) is 0. The standard InChI is InChI=1S/C20H19N5.C2H6/c1-2-4-18-17(3-1)19-16(5-6-23-20(19)24-18)14-11-15(13-22-12-14)25-9-7-21-8-10-25;1-2/h1-6,11-13,21H,7-10H2,(H,23,24);1-2H3. The van der Waals surface area contributed by atoms with Crippen LogP contribution in [-0.4, -0.2) is 41.1 Å². The molecule has 5 heteroatoms. The van der Waals surface area contributed by atoms with Crippen molar-refractivity contribution in [3.63, 3.8) is 0 Å². The van der Waals surface area contributed by atoms with Crippen molar-refractivity contribution in [2.24, 2.45) is 0 Å². The van der Waals surface area contributed by atoms with Gasteiger partial charge in [-0.15, -0.1) is 0 Å². The monoisotopic (exact) mass is 359 g/mol. The van der Waals surface area contributed by atoms with Gasteiger partial charge in [0.15, 0.2) is 0 Å². The summed E-state index contributed by atoms with van der Waals surface area (Å²) in [6, 6.07) is 12.7. The lowest BCUT2D eigenvalue weighted by Crippen LogP contribution is -2.43. The van der Waals surface area contributed by atoms with E-state index in [0.717, 1.165) is 48.3 Å². The number of anilines is 1. The molecule has 1 aromatic carbocycles. The first-order valence-corrected chi connectivity index (χ1v) is 9.67. The number of para-hydroxylation sites is 1. The van der Waals surface area contributed by atoms with Gasteiger partial charge >= 0.3 is 0 Å². The number of benzene rings is 1. The van der Waals surface area contributed by atoms with Gasteiger partial charge in [0, 0.05) is 60.4 Å². The molecule has 0 atom stereocenters. The van der Waals surface area contributed by atoms with Crippen molar-refractivity contribution in [2.75, 3.05) is 31.1 Å². The molecule has 5 rings (SSSR count). The average Bonchev–Trinajstić information content (AvgIpc) is 3.15. The third-order valence-corrected chi connectivity index (χ3v) is 4.92. The molecule has 1 fully saturated rings. The van der Waals surface area contributed by atoms with Crippen LogP contribution in [0.5, 0.6) is 0 Å². The fraction of sp³-hybridized carbons (Fsp3) is 0.273. The molecule has 2 N–H and O–H groups in total. The molecule has 1 saturated heterocycles. The Bertz CT molecular complexity index is 1050. The van der Waals surface area contributed by atoms with Crippen LogP contribution in [0.15, 0.2) is 55.0 Å². The molecule has 1 aliphatic rings. The minimum absolute atomic E-state index is 0.922. The fourth-order valence-electron chi connectivity index (χ4n) is 3.68. The first kappa shape index (κ1) is 17.5. The fourth-order valence-corrected chi connectivity index (χ4v) is 3.68. The summed E-state index contributed by atoms with van der Waals surface area (Å²) in [4.78, 5) is 14.8. The van der Waals surface area contributed by atoms with E-state index in [1.165, 1.54) is 16.6 Å². The second-order valence-electron chi connectivity index (χ2n) is 6.42. The van der Waals surface area contributed by atoms with Crippen molar-refractivity contribution in [1.82, 2.24) is 20.3 Å². The highest BCUT2D eigenvalue weighted by Gasteiger charge is 2.14. The molecule has 3 aromatic heterocycles. The summed E-state index contributed by atoms with van der Waals surface area (Å²) in [6.45, 7) is 8.08. The van der Waals surface area contributed by atoms with Crippen LogP contribution in [0.1, 0.15) is 13.8 Å². The number of piperazine rings is 1. The van der Waals surface area contributed by atoms with Crippen molar-refractivity contribution < 1.29 is 0 Å². The van der Waals surface area contributed by atoms with Crippen molar-refractivity contribution in [1.29, 1.82) is 0 Å². The maximum Gasteiger partial charge on any atom is 0.138 e. The molecule has 0 amide bonds. The molecule has 4 aromatic rings. The number of nitrogens with zero attached hydrogens (tertiary/aromatic N) is 3. The minimum atomic E-state index is 0.922. The van der Waals surface area contributed by atoms with Crippen LogP contribution in [0.3, 0.4) is 0 Å². The van der Waals surface area contributed by atoms with E-state index in [-0.39, 0.29) is 0 Å². The summed E-state index contributed by atoms with van der Waals surface area (Å²) in [5.41, 5.74) is 5.53. The van der Waals surface area contributed by atoms with E-state index in [4.69, 9.17) is 0 Å². The Morgan fingerprint density at radius 2 is 1.81 bits per heavy atom. The van der Waals surface area contributed by atoms with Crippen LogP contribution in [0.4, 0.5) is 5.69 Å². The van der Waals surface area contributed by atoms with Crippen LogP contribution in [-0.2, 0) is 0 Å². The molecule has 138 valence electrons. The summed E-state index contributed by atoms with van der Waals surface area (Å²) in [6.07, 6.45) is 5.77. The number of pyridine rings is 2. The van der Waals surface area contributed by atoms with Crippen LogP contribution >= 0.6 is 0 Å². The Kier molecular flexibility index (Phi) is 5.03. The largest absolute Gasteiger partial charge is 0.368 e. The van der Waals surface area contributed by atoms with Gasteiger partial charge in [0.25, 0.3) is 0 Å². The van der Waals surface area contributed by atoms with Crippen LogP contribution in [0.2, 0.25) is 0 Å². The number of hydrogen-bond donors (Lipinski definition) is 2. The molecular formula is C22H25N5. The predicted octanol–water partition coefficient (Wildman–Crippen LogP) is 4.21. The smallest absolute Gasteiger partial charge is 0.138 e. The molecule has 0 radical (unpaired) electrons. The second kappa shape index (κ2) is 7.76. The summed E-state index contributed by atoms with van der Waals surface area (Å²) in [5.74, 6) is 0. The van der Waals surface area contributed by atoms with Crippen LogP contribution in [0, 0.1) is 0 Å². The first-order valence-electron chi connectivity index (χ1n) is 9.67. The zero-order valence-corrected chi connectivity index (χ0v) is 15.9. The third kappa shape index (κ3) is 3.26. The van der Waals surface area contributed by atoms with Gasteiger partial charge in [0.05, 0.1) is 11.9 Å². The van der Waals surface area contributed by atoms with E-state index in [1.54, 1.807) is 0 Å². The van der Waals surface area contributed by atoms with E-state index >= 15 is 0 Å². The van der Waals surface area contributed by atoms with Crippen molar-refractivity contribution in [3.8, 4) is 11.1 Å². The summed E-state index contributed by atoms with van der Waals surface area (Å²) >= 11 is 0. The molecule has 27 heavy (non-hydrogen) atoms. The normalized spacial score (nSPS) is 14.2. The maximum absolute atomic E-state index is 4.52. The number of fused-ring (bicyclic) bond motifs is 3. The zero-order chi connectivity index (χ0) is 18.6. The van der Waals surface area contributed by atoms with Crippen molar-refractivity contribution >= 4 is 27.6 Å². The van der Waals surface area contributed by atoms with Gasteiger partial charge in [-0.3, -0.25) is 4.98 Å². The van der Waals surface area contributed by atoms with E-state index in [0.29, 0.717) is 0 Å². The van der Waals surface area contributed by atoms with Gasteiger partial charge in [0.2, 0.25) is 0 Å². The van der Waals surface area contributed by atoms with Crippen molar-refractivity contribution in [2.45, 2.75) is 13.8 Å². The van der Waals surface area contributed by atoms with E-state index in [1.807, 2.05) is 38.5 Å². The molecule has 0 unspecified atom stereocenters. The highest BCUT2D eigenvalue weighted by Crippen LogP contribution is 2.34. The van der Waals surface area contributed by atoms with Gasteiger partial charge in [-0.05, 0) is 23.8 Å². The highest BCUT2D eigenvalue weighted by atomic mass is 15.2. The van der Waals surface area contributed by atoms with Crippen LogP contribution < -0.4 is 10.2 Å². The van der Waals surface area contributed by atoms with Gasteiger partial charge < -0.3 is 15.2 Å². The zero-order valence-electron chi connectivity index (χ0n) is 15.9. The van der Waals surface area contributed by atoms with E-state index in [9.17, 15) is 0 Å². The van der Waals surface area contributed by atoms with Crippen molar-refractivity contribution in [3.05, 3.63) is 55.0 Å². The Labute approximate surface area is 159 Å². The number of nitrogens with one attached hydrogen (secondary N) is 2. The third-order valence-electron chi connectivity index (χ3n) is 4.92. The maximum atomic E-state index is 4.52. The molecule has 0 aliphatic carbocycles. The second-order valence-corrected chi connectivity index (χ2v) is 6.42. The predicted molar refractivity (Wildman–Crippen MR) is 113 cm³/mol. The topological polar surface area (TPSA) is 56.8 Å². The van der Waals surface area contributed by atoms with E-state index in [2.05, 4.69) is 55.5 Å². The van der Waals surface area contributed by atoms with Gasteiger partial charge in [-0.2, -0.15) is 0 Å². The lowest BCUT2D eigenvalue weighted by Gasteiger charge is -2.29. The lowest BCUT2D eigenvalue weighted by atomic mass is 10.0. The molecular weight excluding hydrogens is 334 g/mol. The molecule has 0 bridgehead atoms. The van der Waals surface area contributed by atoms with E-state index < -0.39 is 0 Å². The Hall–Kier alpha value is -2.92. The number of hydrogen-bond acceptors (Lipinski definition) is 4. The number of rotatable bonds is 2. The molecule has 0 spiro atoms. The van der Waals surface area contributed by atoms with Gasteiger partial charge in [0.1, 0.15) is 5.65 Å². The average molecular weight is 359 g/mol. The number of H-pyrrole nitrogens is 1. The Morgan fingerprint density at radius 1 is 1.00 bits per heavy atom. The van der Waals surface area contributed by atoms with Gasteiger partial charge in [-0.25, -0.2) is 4.98 Å². The number of aromatic amines is 1. The number of aromatic nitrogens is 3. The SMILES string of the molecule is CC.c1ccc2c(c1)[nH]c1nccc(-c3cncc(N4CCNCC4)c3)c12. The van der Waals surface area contributed by atoms with Crippen LogP contribution in [0.25, 0.3) is 33.1 Å². The highest BCUT2D eigenvalue weighted by molar-refractivity contribution is 6.12. The summed E-state index contributed by atoms with van der Waals surface area (Å²) < 4.78 is 0. The minimum Gasteiger partial charge on any atom is -0.368 e. The molecule has 5 nitrogen and oxygen atoms in total.